The Kier molecular flexibility index (Phi) is 3.99. The van der Waals surface area contributed by atoms with Gasteiger partial charge in [0.15, 0.2) is 5.17 Å². The van der Waals surface area contributed by atoms with Gasteiger partial charge in [0.05, 0.1) is 6.54 Å². The molecule has 15 heavy (non-hydrogen) atoms. The van der Waals surface area contributed by atoms with Crippen molar-refractivity contribution in [2.24, 2.45) is 10.9 Å². The maximum absolute atomic E-state index is 4.68. The summed E-state index contributed by atoms with van der Waals surface area (Å²) in [5, 5.41) is 3.02. The van der Waals surface area contributed by atoms with Crippen molar-refractivity contribution in [2.45, 2.75) is 38.0 Å². The Morgan fingerprint density at radius 1 is 1.60 bits per heavy atom. The molecule has 0 saturated carbocycles. The molecule has 0 aromatic rings. The van der Waals surface area contributed by atoms with E-state index in [1.165, 1.54) is 24.6 Å². The second kappa shape index (κ2) is 5.09. The van der Waals surface area contributed by atoms with Crippen LogP contribution >= 0.6 is 27.7 Å². The van der Waals surface area contributed by atoms with Crippen molar-refractivity contribution in [1.29, 1.82) is 0 Å². The van der Waals surface area contributed by atoms with Crippen molar-refractivity contribution in [3.05, 3.63) is 0 Å². The molecule has 2 heterocycles. The molecule has 0 bridgehead atoms. The van der Waals surface area contributed by atoms with Gasteiger partial charge in [-0.15, -0.1) is 0 Å². The molecule has 1 fully saturated rings. The van der Waals surface area contributed by atoms with Crippen molar-refractivity contribution in [3.8, 4) is 0 Å². The Morgan fingerprint density at radius 2 is 2.40 bits per heavy atom. The first-order valence-electron chi connectivity index (χ1n) is 5.80. The lowest BCUT2D eigenvalue weighted by Crippen LogP contribution is -2.35. The molecule has 4 heteroatoms. The van der Waals surface area contributed by atoms with Crippen LogP contribution in [0, 0.1) is 5.92 Å². The summed E-state index contributed by atoms with van der Waals surface area (Å²) >= 11 is 5.50. The molecule has 2 rings (SSSR count). The summed E-state index contributed by atoms with van der Waals surface area (Å²) in [7, 11) is 0. The second-order valence-corrected chi connectivity index (χ2v) is 6.37. The first-order valence-corrected chi connectivity index (χ1v) is 7.80. The Morgan fingerprint density at radius 3 is 3.00 bits per heavy atom. The van der Waals surface area contributed by atoms with Gasteiger partial charge in [0.2, 0.25) is 0 Å². The zero-order valence-corrected chi connectivity index (χ0v) is 11.9. The highest BCUT2D eigenvalue weighted by Crippen LogP contribution is 2.33. The fourth-order valence-electron chi connectivity index (χ4n) is 2.51. The number of alkyl halides is 1. The van der Waals surface area contributed by atoms with Gasteiger partial charge in [0, 0.05) is 23.2 Å². The zero-order valence-electron chi connectivity index (χ0n) is 9.45. The van der Waals surface area contributed by atoms with Crippen molar-refractivity contribution in [3.63, 3.8) is 0 Å². The number of halogens is 1. The molecule has 1 saturated heterocycles. The molecule has 0 aromatic heterocycles. The summed E-state index contributed by atoms with van der Waals surface area (Å²) < 4.78 is 0. The number of hydrogen-bond donors (Lipinski definition) is 0. The van der Waals surface area contributed by atoms with Crippen LogP contribution in [0.4, 0.5) is 0 Å². The van der Waals surface area contributed by atoms with Gasteiger partial charge in [-0.25, -0.2) is 0 Å². The van der Waals surface area contributed by atoms with Gasteiger partial charge in [0.1, 0.15) is 0 Å². The lowest BCUT2D eigenvalue weighted by molar-refractivity contribution is 0.339. The second-order valence-electron chi connectivity index (χ2n) is 4.45. The molecule has 0 spiro atoms. The smallest absolute Gasteiger partial charge is 0.159 e. The lowest BCUT2D eigenvalue weighted by atomic mass is 10.0. The highest BCUT2D eigenvalue weighted by molar-refractivity contribution is 9.09. The molecule has 2 aliphatic heterocycles. The molecule has 3 unspecified atom stereocenters. The summed E-state index contributed by atoms with van der Waals surface area (Å²) in [4.78, 5) is 7.22. The Hall–Kier alpha value is 0.300. The fraction of sp³-hybridized carbons (Fsp3) is 0.909. The average molecular weight is 291 g/mol. The van der Waals surface area contributed by atoms with E-state index in [1.807, 2.05) is 11.8 Å². The van der Waals surface area contributed by atoms with Crippen LogP contribution in [0.25, 0.3) is 0 Å². The van der Waals surface area contributed by atoms with Gasteiger partial charge in [-0.3, -0.25) is 4.99 Å². The molecule has 0 amide bonds. The monoisotopic (exact) mass is 290 g/mol. The van der Waals surface area contributed by atoms with E-state index in [0.29, 0.717) is 5.25 Å². The van der Waals surface area contributed by atoms with Gasteiger partial charge in [-0.2, -0.15) is 0 Å². The van der Waals surface area contributed by atoms with E-state index in [-0.39, 0.29) is 0 Å². The van der Waals surface area contributed by atoms with E-state index < -0.39 is 0 Å². The molecule has 2 aliphatic rings. The van der Waals surface area contributed by atoms with Gasteiger partial charge >= 0.3 is 0 Å². The number of hydrogen-bond acceptors (Lipinski definition) is 3. The summed E-state index contributed by atoms with van der Waals surface area (Å²) in [5.74, 6) is 0.835. The number of rotatable bonds is 2. The van der Waals surface area contributed by atoms with E-state index in [0.717, 1.165) is 23.8 Å². The normalized spacial score (nSPS) is 36.1. The van der Waals surface area contributed by atoms with Crippen LogP contribution in [-0.4, -0.2) is 39.8 Å². The van der Waals surface area contributed by atoms with E-state index >= 15 is 0 Å². The predicted molar refractivity (Wildman–Crippen MR) is 72.0 cm³/mol. The molecule has 0 N–H and O–H groups in total. The van der Waals surface area contributed by atoms with Crippen LogP contribution in [0.2, 0.25) is 0 Å². The third kappa shape index (κ3) is 2.36. The van der Waals surface area contributed by atoms with E-state index in [9.17, 15) is 0 Å². The number of thioether (sulfide) groups is 1. The maximum atomic E-state index is 4.68. The van der Waals surface area contributed by atoms with Crippen molar-refractivity contribution < 1.29 is 0 Å². The molecular formula is C11H19BrN2S. The summed E-state index contributed by atoms with van der Waals surface area (Å²) in [6.07, 6.45) is 2.58. The van der Waals surface area contributed by atoms with E-state index in [1.54, 1.807) is 0 Å². The molecule has 0 radical (unpaired) electrons. The molecule has 0 aliphatic carbocycles. The standard InChI is InChI=1S/C11H19BrN2S/c1-3-10-8(2)4-5-14(10)11-13-7-9(6-12)15-11/h8-10H,3-7H2,1-2H3. The highest BCUT2D eigenvalue weighted by atomic mass is 79.9. The lowest BCUT2D eigenvalue weighted by Gasteiger charge is -2.27. The topological polar surface area (TPSA) is 15.6 Å². The molecule has 86 valence electrons. The van der Waals surface area contributed by atoms with Crippen LogP contribution in [0.1, 0.15) is 26.7 Å². The van der Waals surface area contributed by atoms with Crippen molar-refractivity contribution in [1.82, 2.24) is 4.90 Å². The largest absolute Gasteiger partial charge is 0.348 e. The number of likely N-dealkylation sites (tertiary alicyclic amines) is 1. The number of aliphatic imine (C=N–C) groups is 1. The van der Waals surface area contributed by atoms with E-state index in [4.69, 9.17) is 0 Å². The summed E-state index contributed by atoms with van der Waals surface area (Å²) in [6.45, 7) is 6.87. The van der Waals surface area contributed by atoms with Crippen molar-refractivity contribution in [2.75, 3.05) is 18.4 Å². The minimum Gasteiger partial charge on any atom is -0.348 e. The van der Waals surface area contributed by atoms with Gasteiger partial charge in [-0.05, 0) is 18.8 Å². The van der Waals surface area contributed by atoms with Gasteiger partial charge in [0.25, 0.3) is 0 Å². The van der Waals surface area contributed by atoms with Crippen LogP contribution < -0.4 is 0 Å². The van der Waals surface area contributed by atoms with E-state index in [2.05, 4.69) is 39.7 Å². The Balaban J connectivity index is 1.99. The van der Waals surface area contributed by atoms with Crippen LogP contribution in [-0.2, 0) is 0 Å². The average Bonchev–Trinajstić information content (AvgIpc) is 2.83. The van der Waals surface area contributed by atoms with Crippen molar-refractivity contribution >= 4 is 32.9 Å². The van der Waals surface area contributed by atoms with Crippen LogP contribution in [0.15, 0.2) is 4.99 Å². The SMILES string of the molecule is CCC1C(C)CCN1C1=NCC(CBr)S1. The highest BCUT2D eigenvalue weighted by Gasteiger charge is 2.34. The number of amidine groups is 1. The minimum atomic E-state index is 0.661. The molecule has 3 atom stereocenters. The Bertz CT molecular complexity index is 257. The number of nitrogens with zero attached hydrogens (tertiary/aromatic N) is 2. The third-order valence-corrected chi connectivity index (χ3v) is 5.85. The molecular weight excluding hydrogens is 272 g/mol. The zero-order chi connectivity index (χ0) is 10.8. The predicted octanol–water partition coefficient (Wildman–Crippen LogP) is 2.97. The van der Waals surface area contributed by atoms with Crippen LogP contribution in [0.5, 0.6) is 0 Å². The first kappa shape index (κ1) is 11.8. The van der Waals surface area contributed by atoms with Gasteiger partial charge in [-0.1, -0.05) is 41.5 Å². The quantitative estimate of drug-likeness (QED) is 0.727. The minimum absolute atomic E-state index is 0.661. The molecule has 0 aromatic carbocycles. The Labute approximate surface area is 105 Å². The maximum Gasteiger partial charge on any atom is 0.159 e. The third-order valence-electron chi connectivity index (χ3n) is 3.42. The molecule has 2 nitrogen and oxygen atoms in total. The first-order chi connectivity index (χ1) is 7.26. The summed E-state index contributed by atoms with van der Waals surface area (Å²) in [5.41, 5.74) is 0. The van der Waals surface area contributed by atoms with Gasteiger partial charge < -0.3 is 4.90 Å². The van der Waals surface area contributed by atoms with Crippen LogP contribution in [0.3, 0.4) is 0 Å². The fourth-order valence-corrected chi connectivity index (χ4v) is 4.13. The summed E-state index contributed by atoms with van der Waals surface area (Å²) in [6, 6.07) is 0.727.